The first-order valence-corrected chi connectivity index (χ1v) is 9.29. The summed E-state index contributed by atoms with van der Waals surface area (Å²) in [4.78, 5) is 2.16. The molecule has 4 heteroatoms. The van der Waals surface area contributed by atoms with Gasteiger partial charge in [-0.25, -0.2) is 4.68 Å². The first kappa shape index (κ1) is 17.9. The lowest BCUT2D eigenvalue weighted by molar-refractivity contribution is 0.414. The molecular weight excluding hydrogens is 346 g/mol. The highest BCUT2D eigenvalue weighted by Gasteiger charge is 2.14. The molecule has 0 aliphatic rings. The summed E-state index contributed by atoms with van der Waals surface area (Å²) in [6, 6.07) is 30.9. The van der Waals surface area contributed by atoms with E-state index in [0.29, 0.717) is 0 Å². The van der Waals surface area contributed by atoms with Crippen molar-refractivity contribution in [3.63, 3.8) is 0 Å². The van der Waals surface area contributed by atoms with Gasteiger partial charge in [-0.3, -0.25) is 0 Å². The molecule has 1 heterocycles. The summed E-state index contributed by atoms with van der Waals surface area (Å²) in [7, 11) is 3.75. The average Bonchev–Trinajstić information content (AvgIpc) is 3.21. The van der Waals surface area contributed by atoms with Gasteiger partial charge in [-0.05, 0) is 29.8 Å². The third-order valence-electron chi connectivity index (χ3n) is 4.74. The predicted molar refractivity (Wildman–Crippen MR) is 114 cm³/mol. The van der Waals surface area contributed by atoms with Crippen molar-refractivity contribution in [3.05, 3.63) is 96.6 Å². The number of benzene rings is 3. The van der Waals surface area contributed by atoms with Gasteiger partial charge in [-0.1, -0.05) is 60.7 Å². The van der Waals surface area contributed by atoms with E-state index in [1.165, 1.54) is 5.56 Å². The highest BCUT2D eigenvalue weighted by atomic mass is 16.5. The van der Waals surface area contributed by atoms with Crippen LogP contribution in [0.2, 0.25) is 0 Å². The predicted octanol–water partition coefficient (Wildman–Crippen LogP) is 5.18. The van der Waals surface area contributed by atoms with Gasteiger partial charge in [0.15, 0.2) is 5.82 Å². The summed E-state index contributed by atoms with van der Waals surface area (Å²) >= 11 is 0. The van der Waals surface area contributed by atoms with Crippen LogP contribution in [0.25, 0.3) is 16.9 Å². The Bertz CT molecular complexity index is 968. The maximum absolute atomic E-state index is 5.25. The SMILES string of the molecule is COc1ccc(CN(C)c2cc(-c3ccccc3)n(-c3ccccc3)n2)cc1. The van der Waals surface area contributed by atoms with Crippen LogP contribution in [0.4, 0.5) is 5.82 Å². The van der Waals surface area contributed by atoms with E-state index in [-0.39, 0.29) is 0 Å². The zero-order valence-corrected chi connectivity index (χ0v) is 16.1. The van der Waals surface area contributed by atoms with Crippen molar-refractivity contribution in [2.75, 3.05) is 19.1 Å². The van der Waals surface area contributed by atoms with E-state index >= 15 is 0 Å². The van der Waals surface area contributed by atoms with Gasteiger partial charge in [0.25, 0.3) is 0 Å². The normalized spacial score (nSPS) is 10.6. The monoisotopic (exact) mass is 369 g/mol. The molecule has 1 aromatic heterocycles. The minimum absolute atomic E-state index is 0.768. The van der Waals surface area contributed by atoms with Gasteiger partial charge in [0.05, 0.1) is 18.5 Å². The van der Waals surface area contributed by atoms with E-state index in [1.54, 1.807) is 7.11 Å². The fourth-order valence-electron chi connectivity index (χ4n) is 3.22. The number of hydrogen-bond acceptors (Lipinski definition) is 3. The molecule has 0 radical (unpaired) electrons. The molecule has 140 valence electrons. The van der Waals surface area contributed by atoms with Crippen molar-refractivity contribution < 1.29 is 4.74 Å². The second kappa shape index (κ2) is 8.01. The minimum atomic E-state index is 0.768. The van der Waals surface area contributed by atoms with Crippen LogP contribution < -0.4 is 9.64 Å². The summed E-state index contributed by atoms with van der Waals surface area (Å²) in [6.45, 7) is 0.768. The van der Waals surface area contributed by atoms with E-state index in [4.69, 9.17) is 9.84 Å². The van der Waals surface area contributed by atoms with E-state index in [9.17, 15) is 0 Å². The van der Waals surface area contributed by atoms with Gasteiger partial charge >= 0.3 is 0 Å². The summed E-state index contributed by atoms with van der Waals surface area (Å²) in [5.74, 6) is 1.80. The smallest absolute Gasteiger partial charge is 0.151 e. The molecule has 28 heavy (non-hydrogen) atoms. The zero-order chi connectivity index (χ0) is 19.3. The molecule has 0 aliphatic carbocycles. The molecule has 0 fully saturated rings. The number of para-hydroxylation sites is 1. The van der Waals surface area contributed by atoms with Crippen LogP contribution in [0.1, 0.15) is 5.56 Å². The van der Waals surface area contributed by atoms with Crippen molar-refractivity contribution >= 4 is 5.82 Å². The number of ether oxygens (including phenoxy) is 1. The molecule has 3 aromatic carbocycles. The molecular formula is C24H23N3O. The van der Waals surface area contributed by atoms with Crippen LogP contribution in [-0.4, -0.2) is 23.9 Å². The second-order valence-corrected chi connectivity index (χ2v) is 6.71. The fourth-order valence-corrected chi connectivity index (χ4v) is 3.22. The third kappa shape index (κ3) is 3.76. The van der Waals surface area contributed by atoms with Crippen molar-refractivity contribution in [3.8, 4) is 22.7 Å². The van der Waals surface area contributed by atoms with Crippen molar-refractivity contribution in [1.82, 2.24) is 9.78 Å². The zero-order valence-electron chi connectivity index (χ0n) is 16.1. The third-order valence-corrected chi connectivity index (χ3v) is 4.74. The van der Waals surface area contributed by atoms with Gasteiger partial charge in [0, 0.05) is 25.2 Å². The molecule has 0 atom stereocenters. The maximum Gasteiger partial charge on any atom is 0.151 e. The Morgan fingerprint density at radius 1 is 0.857 bits per heavy atom. The van der Waals surface area contributed by atoms with Gasteiger partial charge in [0.2, 0.25) is 0 Å². The highest BCUT2D eigenvalue weighted by Crippen LogP contribution is 2.28. The molecule has 4 aromatic rings. The Balaban J connectivity index is 1.68. The first-order valence-electron chi connectivity index (χ1n) is 9.29. The summed E-state index contributed by atoms with van der Waals surface area (Å²) in [6.07, 6.45) is 0. The number of hydrogen-bond donors (Lipinski definition) is 0. The fraction of sp³-hybridized carbons (Fsp3) is 0.125. The van der Waals surface area contributed by atoms with Crippen molar-refractivity contribution in [1.29, 1.82) is 0 Å². The standard InChI is InChI=1S/C24H23N3O/c1-26(18-19-13-15-22(28-2)16-14-19)24-17-23(20-9-5-3-6-10-20)27(25-24)21-11-7-4-8-12-21/h3-17H,18H2,1-2H3. The van der Waals surface area contributed by atoms with Crippen LogP contribution >= 0.6 is 0 Å². The Hall–Kier alpha value is -3.53. The number of aromatic nitrogens is 2. The molecule has 0 bridgehead atoms. The van der Waals surface area contributed by atoms with Crippen molar-refractivity contribution in [2.45, 2.75) is 6.54 Å². The topological polar surface area (TPSA) is 30.3 Å². The highest BCUT2D eigenvalue weighted by molar-refractivity contribution is 5.66. The molecule has 0 saturated heterocycles. The number of rotatable bonds is 6. The van der Waals surface area contributed by atoms with Crippen LogP contribution in [0.3, 0.4) is 0 Å². The lowest BCUT2D eigenvalue weighted by Gasteiger charge is -2.16. The van der Waals surface area contributed by atoms with Gasteiger partial charge in [-0.2, -0.15) is 0 Å². The van der Waals surface area contributed by atoms with Gasteiger partial charge < -0.3 is 9.64 Å². The van der Waals surface area contributed by atoms with Crippen molar-refractivity contribution in [2.24, 2.45) is 0 Å². The molecule has 0 spiro atoms. The Morgan fingerprint density at radius 3 is 2.14 bits per heavy atom. The van der Waals surface area contributed by atoms with Crippen LogP contribution in [0.5, 0.6) is 5.75 Å². The number of methoxy groups -OCH3 is 1. The largest absolute Gasteiger partial charge is 0.497 e. The van der Waals surface area contributed by atoms with Gasteiger partial charge in [-0.15, -0.1) is 5.10 Å². The molecule has 4 rings (SSSR count). The second-order valence-electron chi connectivity index (χ2n) is 6.71. The van der Waals surface area contributed by atoms with E-state index in [1.807, 2.05) is 41.1 Å². The number of anilines is 1. The summed E-state index contributed by atoms with van der Waals surface area (Å²) < 4.78 is 7.26. The summed E-state index contributed by atoms with van der Waals surface area (Å²) in [5, 5.41) is 4.90. The lowest BCUT2D eigenvalue weighted by Crippen LogP contribution is -2.17. The van der Waals surface area contributed by atoms with E-state index in [2.05, 4.69) is 66.5 Å². The van der Waals surface area contributed by atoms with E-state index < -0.39 is 0 Å². The molecule has 0 N–H and O–H groups in total. The molecule has 0 aliphatic heterocycles. The Kier molecular flexibility index (Phi) is 5.11. The number of nitrogens with zero attached hydrogens (tertiary/aromatic N) is 3. The molecule has 4 nitrogen and oxygen atoms in total. The lowest BCUT2D eigenvalue weighted by atomic mass is 10.1. The average molecular weight is 369 g/mol. The maximum atomic E-state index is 5.25. The molecule has 0 saturated carbocycles. The quantitative estimate of drug-likeness (QED) is 0.469. The first-order chi connectivity index (χ1) is 13.7. The van der Waals surface area contributed by atoms with Crippen LogP contribution in [0, 0.1) is 0 Å². The summed E-state index contributed by atoms with van der Waals surface area (Å²) in [5.41, 5.74) is 4.47. The minimum Gasteiger partial charge on any atom is -0.497 e. The van der Waals surface area contributed by atoms with Gasteiger partial charge in [0.1, 0.15) is 5.75 Å². The molecule has 0 amide bonds. The van der Waals surface area contributed by atoms with E-state index in [0.717, 1.165) is 35.1 Å². The Morgan fingerprint density at radius 2 is 1.50 bits per heavy atom. The Labute approximate surface area is 165 Å². The molecule has 0 unspecified atom stereocenters. The van der Waals surface area contributed by atoms with Crippen LogP contribution in [-0.2, 0) is 6.54 Å². The van der Waals surface area contributed by atoms with Crippen LogP contribution in [0.15, 0.2) is 91.0 Å².